The molecule has 1 aromatic rings. The average molecular weight is 238 g/mol. The molecule has 1 aliphatic heterocycles. The van der Waals surface area contributed by atoms with Crippen LogP contribution in [0.5, 0.6) is 0 Å². The molecule has 0 atom stereocenters. The maximum atomic E-state index is 13.3. The van der Waals surface area contributed by atoms with Crippen LogP contribution in [0.15, 0.2) is 18.2 Å². The molecule has 2 rings (SSSR count). The van der Waals surface area contributed by atoms with Crippen LogP contribution < -0.4 is 0 Å². The van der Waals surface area contributed by atoms with Gasteiger partial charge in [0.2, 0.25) is 0 Å². The standard InChI is InChI=1S/C13H15FO3/c1-9-2-3-10(14)8-11(9)13(12(15)16)4-6-17-7-5-13/h2-3,8H,4-7H2,1H3,(H,15,16). The van der Waals surface area contributed by atoms with Crippen LogP contribution in [-0.2, 0) is 14.9 Å². The van der Waals surface area contributed by atoms with E-state index in [0.717, 1.165) is 5.56 Å². The highest BCUT2D eigenvalue weighted by atomic mass is 19.1. The van der Waals surface area contributed by atoms with Gasteiger partial charge < -0.3 is 9.84 Å². The van der Waals surface area contributed by atoms with Gasteiger partial charge in [0.25, 0.3) is 0 Å². The van der Waals surface area contributed by atoms with E-state index in [-0.39, 0.29) is 0 Å². The van der Waals surface area contributed by atoms with E-state index in [1.807, 2.05) is 6.92 Å². The van der Waals surface area contributed by atoms with E-state index in [2.05, 4.69) is 0 Å². The summed E-state index contributed by atoms with van der Waals surface area (Å²) >= 11 is 0. The minimum Gasteiger partial charge on any atom is -0.481 e. The van der Waals surface area contributed by atoms with Crippen molar-refractivity contribution in [2.45, 2.75) is 25.2 Å². The number of halogens is 1. The van der Waals surface area contributed by atoms with Crippen molar-refractivity contribution >= 4 is 5.97 Å². The van der Waals surface area contributed by atoms with Gasteiger partial charge in [-0.05, 0) is 43.0 Å². The van der Waals surface area contributed by atoms with Crippen LogP contribution in [-0.4, -0.2) is 24.3 Å². The van der Waals surface area contributed by atoms with Crippen molar-refractivity contribution in [2.24, 2.45) is 0 Å². The minimum absolute atomic E-state index is 0.391. The van der Waals surface area contributed by atoms with E-state index in [9.17, 15) is 14.3 Å². The van der Waals surface area contributed by atoms with Crippen molar-refractivity contribution in [3.8, 4) is 0 Å². The number of hydrogen-bond donors (Lipinski definition) is 1. The van der Waals surface area contributed by atoms with Crippen LogP contribution in [0.4, 0.5) is 4.39 Å². The topological polar surface area (TPSA) is 46.5 Å². The molecule has 0 unspecified atom stereocenters. The van der Waals surface area contributed by atoms with Crippen molar-refractivity contribution in [3.63, 3.8) is 0 Å². The summed E-state index contributed by atoms with van der Waals surface area (Å²) in [7, 11) is 0. The van der Waals surface area contributed by atoms with Gasteiger partial charge in [-0.25, -0.2) is 4.39 Å². The SMILES string of the molecule is Cc1ccc(F)cc1C1(C(=O)O)CCOCC1. The van der Waals surface area contributed by atoms with Crippen LogP contribution in [0.2, 0.25) is 0 Å². The molecule has 1 fully saturated rings. The number of aliphatic carboxylic acids is 1. The molecule has 0 aliphatic carbocycles. The largest absolute Gasteiger partial charge is 0.481 e. The Bertz CT molecular complexity index is 436. The number of hydrogen-bond acceptors (Lipinski definition) is 2. The van der Waals surface area contributed by atoms with E-state index >= 15 is 0 Å². The molecular weight excluding hydrogens is 223 g/mol. The van der Waals surface area contributed by atoms with Gasteiger partial charge in [-0.3, -0.25) is 4.79 Å². The second-order valence-electron chi connectivity index (χ2n) is 4.46. The monoisotopic (exact) mass is 238 g/mol. The van der Waals surface area contributed by atoms with E-state index in [1.165, 1.54) is 12.1 Å². The number of carbonyl (C=O) groups is 1. The first kappa shape index (κ1) is 12.0. The summed E-state index contributed by atoms with van der Waals surface area (Å²) in [5.41, 5.74) is 0.397. The van der Waals surface area contributed by atoms with Gasteiger partial charge in [-0.15, -0.1) is 0 Å². The van der Waals surface area contributed by atoms with Crippen molar-refractivity contribution in [3.05, 3.63) is 35.1 Å². The molecule has 1 heterocycles. The number of benzene rings is 1. The van der Waals surface area contributed by atoms with Crippen molar-refractivity contribution < 1.29 is 19.0 Å². The smallest absolute Gasteiger partial charge is 0.314 e. The number of ether oxygens (including phenoxy) is 1. The number of rotatable bonds is 2. The zero-order valence-corrected chi connectivity index (χ0v) is 9.70. The van der Waals surface area contributed by atoms with Gasteiger partial charge >= 0.3 is 5.97 Å². The number of aryl methyl sites for hydroxylation is 1. The fourth-order valence-corrected chi connectivity index (χ4v) is 2.43. The Morgan fingerprint density at radius 1 is 1.41 bits per heavy atom. The van der Waals surface area contributed by atoms with Crippen LogP contribution in [0, 0.1) is 12.7 Å². The Kier molecular flexibility index (Phi) is 3.15. The second-order valence-corrected chi connectivity index (χ2v) is 4.46. The average Bonchev–Trinajstić information content (AvgIpc) is 2.33. The summed E-state index contributed by atoms with van der Waals surface area (Å²) in [6, 6.07) is 4.33. The zero-order chi connectivity index (χ0) is 12.5. The van der Waals surface area contributed by atoms with Gasteiger partial charge in [-0.1, -0.05) is 6.07 Å². The van der Waals surface area contributed by atoms with Crippen LogP contribution >= 0.6 is 0 Å². The molecule has 0 saturated carbocycles. The highest BCUT2D eigenvalue weighted by Gasteiger charge is 2.42. The Labute approximate surface area is 99.2 Å². The van der Waals surface area contributed by atoms with Crippen molar-refractivity contribution in [1.82, 2.24) is 0 Å². The summed E-state index contributed by atoms with van der Waals surface area (Å²) in [5, 5.41) is 9.48. The first-order chi connectivity index (χ1) is 8.06. The predicted octanol–water partition coefficient (Wildman–Crippen LogP) is 2.27. The van der Waals surface area contributed by atoms with Crippen LogP contribution in [0.25, 0.3) is 0 Å². The normalized spacial score (nSPS) is 18.9. The van der Waals surface area contributed by atoms with E-state index in [1.54, 1.807) is 6.07 Å². The molecule has 1 aromatic carbocycles. The fourth-order valence-electron chi connectivity index (χ4n) is 2.43. The molecular formula is C13H15FO3. The molecule has 1 aliphatic rings. The highest BCUT2D eigenvalue weighted by Crippen LogP contribution is 2.37. The van der Waals surface area contributed by atoms with Gasteiger partial charge in [0.1, 0.15) is 5.82 Å². The molecule has 92 valence electrons. The molecule has 0 spiro atoms. The molecule has 1 N–H and O–H groups in total. The van der Waals surface area contributed by atoms with Gasteiger partial charge in [0, 0.05) is 13.2 Å². The Hall–Kier alpha value is -1.42. The molecule has 0 amide bonds. The molecule has 17 heavy (non-hydrogen) atoms. The van der Waals surface area contributed by atoms with E-state index in [4.69, 9.17) is 4.74 Å². The lowest BCUT2D eigenvalue weighted by Gasteiger charge is -2.34. The number of carboxylic acid groups (broad SMARTS) is 1. The van der Waals surface area contributed by atoms with E-state index < -0.39 is 17.2 Å². The van der Waals surface area contributed by atoms with Crippen molar-refractivity contribution in [2.75, 3.05) is 13.2 Å². The summed E-state index contributed by atoms with van der Waals surface area (Å²) in [6.07, 6.45) is 0.791. The molecule has 3 nitrogen and oxygen atoms in total. The quantitative estimate of drug-likeness (QED) is 0.859. The van der Waals surface area contributed by atoms with Crippen molar-refractivity contribution in [1.29, 1.82) is 0 Å². The zero-order valence-electron chi connectivity index (χ0n) is 9.70. The third-order valence-corrected chi connectivity index (χ3v) is 3.47. The summed E-state index contributed by atoms with van der Waals surface area (Å²) in [6.45, 7) is 2.62. The summed E-state index contributed by atoms with van der Waals surface area (Å²) in [5.74, 6) is -1.28. The lowest BCUT2D eigenvalue weighted by molar-refractivity contribution is -0.147. The van der Waals surface area contributed by atoms with Gasteiger partial charge in [-0.2, -0.15) is 0 Å². The first-order valence-electron chi connectivity index (χ1n) is 5.64. The lowest BCUT2D eigenvalue weighted by atomic mass is 9.72. The molecule has 0 radical (unpaired) electrons. The predicted molar refractivity (Wildman–Crippen MR) is 60.5 cm³/mol. The first-order valence-corrected chi connectivity index (χ1v) is 5.64. The fraction of sp³-hybridized carbons (Fsp3) is 0.462. The van der Waals surface area contributed by atoms with Gasteiger partial charge in [0.15, 0.2) is 0 Å². The van der Waals surface area contributed by atoms with Crippen LogP contribution in [0.3, 0.4) is 0 Å². The molecule has 4 heteroatoms. The van der Waals surface area contributed by atoms with Gasteiger partial charge in [0.05, 0.1) is 5.41 Å². The third kappa shape index (κ3) is 2.05. The Morgan fingerprint density at radius 2 is 2.06 bits per heavy atom. The summed E-state index contributed by atoms with van der Waals surface area (Å²) < 4.78 is 18.5. The molecule has 0 bridgehead atoms. The minimum atomic E-state index is -0.996. The van der Waals surface area contributed by atoms with Crippen LogP contribution in [0.1, 0.15) is 24.0 Å². The number of carboxylic acids is 1. The second kappa shape index (κ2) is 4.45. The maximum absolute atomic E-state index is 13.3. The highest BCUT2D eigenvalue weighted by molar-refractivity contribution is 5.82. The molecule has 1 saturated heterocycles. The lowest BCUT2D eigenvalue weighted by Crippen LogP contribution is -2.41. The Morgan fingerprint density at radius 3 is 2.65 bits per heavy atom. The Balaban J connectivity index is 2.52. The molecule has 0 aromatic heterocycles. The third-order valence-electron chi connectivity index (χ3n) is 3.47. The maximum Gasteiger partial charge on any atom is 0.314 e. The summed E-state index contributed by atoms with van der Waals surface area (Å²) in [4.78, 5) is 11.6. The van der Waals surface area contributed by atoms with E-state index in [0.29, 0.717) is 31.6 Å².